The summed E-state index contributed by atoms with van der Waals surface area (Å²) in [6.45, 7) is 8.87. The van der Waals surface area contributed by atoms with Crippen molar-refractivity contribution in [3.63, 3.8) is 0 Å². The number of nitrogens with zero attached hydrogens (tertiary/aromatic N) is 3. The number of nitrogens with one attached hydrogen (secondary N) is 1. The Morgan fingerprint density at radius 2 is 1.83 bits per heavy atom. The maximum absolute atomic E-state index is 12.1. The quantitative estimate of drug-likeness (QED) is 0.283. The van der Waals surface area contributed by atoms with Crippen LogP contribution in [-0.2, 0) is 11.2 Å². The first-order chi connectivity index (χ1) is 13.3. The molecule has 1 aliphatic heterocycles. The normalized spacial score (nSPS) is 15.3. The number of hydrogen-bond donors (Lipinski definition) is 2. The molecule has 160 valence electrons. The average molecular weight is 513 g/mol. The minimum atomic E-state index is -0.473. The van der Waals surface area contributed by atoms with Crippen LogP contribution in [0.1, 0.15) is 32.8 Å². The summed E-state index contributed by atoms with van der Waals surface area (Å²) in [5, 5.41) is 1.28. The van der Waals surface area contributed by atoms with Gasteiger partial charge in [-0.1, -0.05) is 18.2 Å². The van der Waals surface area contributed by atoms with Crippen LogP contribution in [0.2, 0.25) is 0 Å². The molecule has 0 unspecified atom stereocenters. The summed E-state index contributed by atoms with van der Waals surface area (Å²) < 4.78 is 5.42. The van der Waals surface area contributed by atoms with Crippen molar-refractivity contribution in [1.29, 1.82) is 0 Å². The van der Waals surface area contributed by atoms with Gasteiger partial charge in [0.05, 0.1) is 0 Å². The molecule has 8 heteroatoms. The van der Waals surface area contributed by atoms with Crippen LogP contribution >= 0.6 is 24.0 Å². The Kier molecular flexibility index (Phi) is 8.18. The summed E-state index contributed by atoms with van der Waals surface area (Å²) in [4.78, 5) is 23.7. The minimum absolute atomic E-state index is 0. The van der Waals surface area contributed by atoms with E-state index >= 15 is 0 Å². The largest absolute Gasteiger partial charge is 0.444 e. The monoisotopic (exact) mass is 513 g/mol. The van der Waals surface area contributed by atoms with Crippen molar-refractivity contribution in [3.8, 4) is 0 Å². The van der Waals surface area contributed by atoms with E-state index in [4.69, 9.17) is 10.5 Å². The van der Waals surface area contributed by atoms with Crippen LogP contribution in [0, 0.1) is 0 Å². The molecule has 0 radical (unpaired) electrons. The van der Waals surface area contributed by atoms with E-state index in [1.165, 1.54) is 16.5 Å². The molecule has 0 saturated carbocycles. The van der Waals surface area contributed by atoms with E-state index in [1.54, 1.807) is 4.90 Å². The Hall–Kier alpha value is -1.97. The number of nitrogens with two attached hydrogens (primary N) is 1. The summed E-state index contributed by atoms with van der Waals surface area (Å²) in [5.41, 5.74) is 8.17. The first-order valence-corrected chi connectivity index (χ1v) is 9.91. The number of benzene rings is 1. The SMILES string of the molecule is CC(C)(C)OC(=O)N1CCN(C(N)=NCCCc2c[nH]c3ccccc23)CC1.I. The molecule has 1 fully saturated rings. The third-order valence-electron chi connectivity index (χ3n) is 4.81. The van der Waals surface area contributed by atoms with Gasteiger partial charge in [-0.25, -0.2) is 4.79 Å². The number of guanidine groups is 1. The lowest BCUT2D eigenvalue weighted by molar-refractivity contribution is 0.0186. The van der Waals surface area contributed by atoms with Crippen molar-refractivity contribution in [1.82, 2.24) is 14.8 Å². The molecule has 1 aromatic heterocycles. The molecule has 0 spiro atoms. The van der Waals surface area contributed by atoms with Gasteiger partial charge >= 0.3 is 6.09 Å². The number of carbonyl (C=O) groups is 1. The predicted molar refractivity (Wildman–Crippen MR) is 128 cm³/mol. The van der Waals surface area contributed by atoms with Crippen molar-refractivity contribution in [2.24, 2.45) is 10.7 Å². The molecule has 3 rings (SSSR count). The van der Waals surface area contributed by atoms with Gasteiger partial charge in [-0.2, -0.15) is 0 Å². The fourth-order valence-electron chi connectivity index (χ4n) is 3.35. The first-order valence-electron chi connectivity index (χ1n) is 9.91. The van der Waals surface area contributed by atoms with E-state index < -0.39 is 5.60 Å². The Bertz CT molecular complexity index is 835. The molecule has 0 bridgehead atoms. The third kappa shape index (κ3) is 6.52. The molecule has 7 nitrogen and oxygen atoms in total. The van der Waals surface area contributed by atoms with E-state index in [9.17, 15) is 4.79 Å². The summed E-state index contributed by atoms with van der Waals surface area (Å²) >= 11 is 0. The van der Waals surface area contributed by atoms with Gasteiger partial charge < -0.3 is 25.3 Å². The summed E-state index contributed by atoms with van der Waals surface area (Å²) in [7, 11) is 0. The van der Waals surface area contributed by atoms with Gasteiger partial charge in [-0.05, 0) is 45.2 Å². The lowest BCUT2D eigenvalue weighted by Gasteiger charge is -2.36. The van der Waals surface area contributed by atoms with Gasteiger partial charge in [0.15, 0.2) is 5.96 Å². The fourth-order valence-corrected chi connectivity index (χ4v) is 3.35. The number of amides is 1. The van der Waals surface area contributed by atoms with Crippen LogP contribution in [-0.4, -0.2) is 65.2 Å². The Morgan fingerprint density at radius 3 is 2.52 bits per heavy atom. The van der Waals surface area contributed by atoms with Crippen molar-refractivity contribution in [2.45, 2.75) is 39.2 Å². The van der Waals surface area contributed by atoms with Crippen LogP contribution in [0.4, 0.5) is 4.79 Å². The van der Waals surface area contributed by atoms with Crippen molar-refractivity contribution < 1.29 is 9.53 Å². The number of aliphatic imine (C=N–C) groups is 1. The number of hydrogen-bond acceptors (Lipinski definition) is 3. The van der Waals surface area contributed by atoms with E-state index in [2.05, 4.69) is 34.4 Å². The molecule has 2 heterocycles. The molecule has 1 amide bonds. The van der Waals surface area contributed by atoms with Gasteiger partial charge in [-0.15, -0.1) is 24.0 Å². The molecular weight excluding hydrogens is 481 g/mol. The number of aryl methyl sites for hydroxylation is 1. The van der Waals surface area contributed by atoms with Crippen LogP contribution in [0.25, 0.3) is 10.9 Å². The molecule has 1 aliphatic rings. The molecule has 3 N–H and O–H groups in total. The lowest BCUT2D eigenvalue weighted by atomic mass is 10.1. The third-order valence-corrected chi connectivity index (χ3v) is 4.81. The van der Waals surface area contributed by atoms with Gasteiger partial charge in [0.25, 0.3) is 0 Å². The number of halogens is 1. The van der Waals surface area contributed by atoms with E-state index in [0.29, 0.717) is 38.7 Å². The first kappa shape index (κ1) is 23.3. The number of para-hydroxylation sites is 1. The van der Waals surface area contributed by atoms with Gasteiger partial charge in [0.2, 0.25) is 0 Å². The van der Waals surface area contributed by atoms with Crippen molar-refractivity contribution in [2.75, 3.05) is 32.7 Å². The number of rotatable bonds is 4. The highest BCUT2D eigenvalue weighted by Gasteiger charge is 2.26. The Morgan fingerprint density at radius 1 is 1.17 bits per heavy atom. The second kappa shape index (κ2) is 10.2. The smallest absolute Gasteiger partial charge is 0.410 e. The van der Waals surface area contributed by atoms with Crippen LogP contribution in [0.15, 0.2) is 35.5 Å². The standard InChI is InChI=1S/C21H31N5O2.HI/c1-21(2,3)28-20(27)26-13-11-25(12-14-26)19(22)23-10-6-7-16-15-24-18-9-5-4-8-17(16)18;/h4-5,8-9,15,24H,6-7,10-14H2,1-3H3,(H2,22,23);1H. The van der Waals surface area contributed by atoms with Crippen molar-refractivity contribution >= 4 is 46.9 Å². The zero-order valence-corrected chi connectivity index (χ0v) is 19.8. The van der Waals surface area contributed by atoms with E-state index in [0.717, 1.165) is 12.8 Å². The Labute approximate surface area is 189 Å². The van der Waals surface area contributed by atoms with Crippen LogP contribution < -0.4 is 5.73 Å². The maximum Gasteiger partial charge on any atom is 0.410 e. The molecule has 29 heavy (non-hydrogen) atoms. The topological polar surface area (TPSA) is 86.9 Å². The number of fused-ring (bicyclic) bond motifs is 1. The molecular formula is C21H32IN5O2. The average Bonchev–Trinajstić information content (AvgIpc) is 3.07. The predicted octanol–water partition coefficient (Wildman–Crippen LogP) is 3.59. The fraction of sp³-hybridized carbons (Fsp3) is 0.524. The number of piperazine rings is 1. The van der Waals surface area contributed by atoms with E-state index in [-0.39, 0.29) is 30.1 Å². The number of carbonyl (C=O) groups excluding carboxylic acids is 1. The molecule has 1 aromatic carbocycles. The van der Waals surface area contributed by atoms with Crippen LogP contribution in [0.3, 0.4) is 0 Å². The molecule has 2 aromatic rings. The van der Waals surface area contributed by atoms with Gasteiger partial charge in [-0.3, -0.25) is 4.99 Å². The minimum Gasteiger partial charge on any atom is -0.444 e. The summed E-state index contributed by atoms with van der Waals surface area (Å²) in [5.74, 6) is 0.558. The zero-order chi connectivity index (χ0) is 20.1. The number of aromatic amines is 1. The summed E-state index contributed by atoms with van der Waals surface area (Å²) in [6.07, 6.45) is 3.72. The molecule has 0 aliphatic carbocycles. The Balaban J connectivity index is 0.00000300. The second-order valence-electron chi connectivity index (χ2n) is 8.16. The highest BCUT2D eigenvalue weighted by atomic mass is 127. The number of aromatic nitrogens is 1. The van der Waals surface area contributed by atoms with Gasteiger partial charge in [0.1, 0.15) is 5.60 Å². The van der Waals surface area contributed by atoms with Crippen molar-refractivity contribution in [3.05, 3.63) is 36.0 Å². The van der Waals surface area contributed by atoms with Gasteiger partial charge in [0, 0.05) is 49.8 Å². The van der Waals surface area contributed by atoms with Crippen LogP contribution in [0.5, 0.6) is 0 Å². The highest BCUT2D eigenvalue weighted by molar-refractivity contribution is 14.0. The highest BCUT2D eigenvalue weighted by Crippen LogP contribution is 2.19. The second-order valence-corrected chi connectivity index (χ2v) is 8.16. The maximum atomic E-state index is 12.1. The van der Waals surface area contributed by atoms with E-state index in [1.807, 2.05) is 31.7 Å². The zero-order valence-electron chi connectivity index (χ0n) is 17.5. The number of H-pyrrole nitrogens is 1. The summed E-state index contributed by atoms with van der Waals surface area (Å²) in [6, 6.07) is 8.33. The molecule has 1 saturated heterocycles. The number of ether oxygens (including phenoxy) is 1. The lowest BCUT2D eigenvalue weighted by Crippen LogP contribution is -2.53. The molecule has 0 atom stereocenters.